The first kappa shape index (κ1) is 22.6. The molecule has 0 fully saturated rings. The number of hydrogen-bond donors (Lipinski definition) is 1. The first-order valence-electron chi connectivity index (χ1n) is 10.1. The van der Waals surface area contributed by atoms with E-state index in [2.05, 4.69) is 53.7 Å². The van der Waals surface area contributed by atoms with E-state index in [9.17, 15) is 4.79 Å². The van der Waals surface area contributed by atoms with Crippen molar-refractivity contribution in [2.75, 3.05) is 11.9 Å². The third-order valence-corrected chi connectivity index (χ3v) is 5.92. The molecule has 4 rings (SSSR count). The molecule has 0 radical (unpaired) electrons. The number of rotatable bonds is 5. The van der Waals surface area contributed by atoms with Crippen molar-refractivity contribution in [3.8, 4) is 17.2 Å². The van der Waals surface area contributed by atoms with E-state index in [0.717, 1.165) is 9.13 Å². The van der Waals surface area contributed by atoms with E-state index in [1.54, 1.807) is 18.2 Å². The minimum absolute atomic E-state index is 0.0693. The summed E-state index contributed by atoms with van der Waals surface area (Å²) in [6, 6.07) is 18.8. The molecule has 1 heterocycles. The first-order valence-corrected chi connectivity index (χ1v) is 11.5. The predicted molar refractivity (Wildman–Crippen MR) is 136 cm³/mol. The fraction of sp³-hybridized carbons (Fsp3) is 0.200. The van der Waals surface area contributed by atoms with E-state index in [0.29, 0.717) is 33.4 Å². The van der Waals surface area contributed by atoms with Gasteiger partial charge in [-0.05, 0) is 82.1 Å². The van der Waals surface area contributed by atoms with Crippen LogP contribution in [0.3, 0.4) is 0 Å². The summed E-state index contributed by atoms with van der Waals surface area (Å²) in [5.41, 5.74) is 3.87. The van der Waals surface area contributed by atoms with Crippen LogP contribution in [-0.2, 0) is 10.2 Å². The summed E-state index contributed by atoms with van der Waals surface area (Å²) in [6.45, 7) is 6.37. The maximum atomic E-state index is 12.4. The van der Waals surface area contributed by atoms with Crippen molar-refractivity contribution < 1.29 is 13.9 Å². The third kappa shape index (κ3) is 5.24. The Morgan fingerprint density at radius 1 is 1.09 bits per heavy atom. The van der Waals surface area contributed by atoms with Crippen molar-refractivity contribution in [2.45, 2.75) is 26.2 Å². The Labute approximate surface area is 205 Å². The van der Waals surface area contributed by atoms with Gasteiger partial charge in [0.15, 0.2) is 12.2 Å². The second-order valence-electron chi connectivity index (χ2n) is 8.44. The van der Waals surface area contributed by atoms with E-state index < -0.39 is 0 Å². The Kier molecular flexibility index (Phi) is 6.44. The van der Waals surface area contributed by atoms with Gasteiger partial charge in [-0.1, -0.05) is 44.5 Å². The van der Waals surface area contributed by atoms with Crippen LogP contribution in [0.4, 0.5) is 5.69 Å². The summed E-state index contributed by atoms with van der Waals surface area (Å²) < 4.78 is 12.5. The molecule has 1 aromatic heterocycles. The molecule has 0 saturated heterocycles. The fourth-order valence-corrected chi connectivity index (χ4v) is 3.87. The highest BCUT2D eigenvalue weighted by molar-refractivity contribution is 14.1. The number of carbonyl (C=O) groups excluding carboxylic acids is 1. The zero-order valence-electron chi connectivity index (χ0n) is 17.9. The molecule has 0 aliphatic rings. The average Bonchev–Trinajstić information content (AvgIpc) is 3.17. The maximum absolute atomic E-state index is 12.4. The van der Waals surface area contributed by atoms with Gasteiger partial charge >= 0.3 is 0 Å². The van der Waals surface area contributed by atoms with Crippen LogP contribution < -0.4 is 10.1 Å². The Morgan fingerprint density at radius 3 is 2.56 bits per heavy atom. The van der Waals surface area contributed by atoms with E-state index in [-0.39, 0.29) is 17.9 Å². The molecule has 0 aliphatic heterocycles. The average molecular weight is 561 g/mol. The lowest BCUT2D eigenvalue weighted by Crippen LogP contribution is -2.20. The largest absolute Gasteiger partial charge is 0.484 e. The molecular weight excluding hydrogens is 539 g/mol. The molecule has 5 nitrogen and oxygen atoms in total. The highest BCUT2D eigenvalue weighted by atomic mass is 127. The molecule has 0 atom stereocenters. The molecule has 0 spiro atoms. The van der Waals surface area contributed by atoms with Gasteiger partial charge in [-0.2, -0.15) is 0 Å². The SMILES string of the molecule is CC(C)(C)c1ccc(OCC(=O)Nc2ccc3oc(-c4cc(I)ccc4Cl)nc3c2)cc1. The molecule has 7 heteroatoms. The number of ether oxygens (including phenoxy) is 1. The van der Waals surface area contributed by atoms with Crippen LogP contribution in [0.2, 0.25) is 5.02 Å². The first-order chi connectivity index (χ1) is 15.2. The van der Waals surface area contributed by atoms with Crippen molar-refractivity contribution >= 4 is 56.9 Å². The molecule has 0 saturated carbocycles. The van der Waals surface area contributed by atoms with Crippen LogP contribution in [0.1, 0.15) is 26.3 Å². The molecule has 1 N–H and O–H groups in total. The van der Waals surface area contributed by atoms with Crippen LogP contribution in [0.15, 0.2) is 65.1 Å². The normalized spacial score (nSPS) is 11.5. The number of anilines is 1. The van der Waals surface area contributed by atoms with Gasteiger partial charge in [-0.15, -0.1) is 0 Å². The predicted octanol–water partition coefficient (Wildman–Crippen LogP) is 7.07. The van der Waals surface area contributed by atoms with Crippen molar-refractivity contribution in [3.63, 3.8) is 0 Å². The number of halogens is 2. The molecule has 0 unspecified atom stereocenters. The van der Waals surface area contributed by atoms with Gasteiger partial charge in [-0.3, -0.25) is 4.79 Å². The highest BCUT2D eigenvalue weighted by Gasteiger charge is 2.15. The van der Waals surface area contributed by atoms with E-state index >= 15 is 0 Å². The summed E-state index contributed by atoms with van der Waals surface area (Å²) in [4.78, 5) is 16.9. The summed E-state index contributed by atoms with van der Waals surface area (Å²) in [6.07, 6.45) is 0. The zero-order valence-corrected chi connectivity index (χ0v) is 20.8. The van der Waals surface area contributed by atoms with Gasteiger partial charge in [0.25, 0.3) is 5.91 Å². The van der Waals surface area contributed by atoms with Gasteiger partial charge in [0.1, 0.15) is 11.3 Å². The van der Waals surface area contributed by atoms with Gasteiger partial charge in [-0.25, -0.2) is 4.98 Å². The maximum Gasteiger partial charge on any atom is 0.262 e. The van der Waals surface area contributed by atoms with Crippen LogP contribution in [-0.4, -0.2) is 17.5 Å². The van der Waals surface area contributed by atoms with E-state index in [1.807, 2.05) is 42.5 Å². The van der Waals surface area contributed by atoms with Crippen LogP contribution in [0.5, 0.6) is 5.75 Å². The monoisotopic (exact) mass is 560 g/mol. The number of carbonyl (C=O) groups is 1. The number of benzene rings is 3. The zero-order chi connectivity index (χ0) is 22.9. The lowest BCUT2D eigenvalue weighted by molar-refractivity contribution is -0.118. The number of nitrogens with one attached hydrogen (secondary N) is 1. The van der Waals surface area contributed by atoms with Crippen molar-refractivity contribution in [1.29, 1.82) is 0 Å². The molecule has 4 aromatic rings. The molecule has 32 heavy (non-hydrogen) atoms. The highest BCUT2D eigenvalue weighted by Crippen LogP contribution is 2.32. The van der Waals surface area contributed by atoms with Crippen LogP contribution >= 0.6 is 34.2 Å². The van der Waals surface area contributed by atoms with Gasteiger partial charge in [0.2, 0.25) is 5.89 Å². The summed E-state index contributed by atoms with van der Waals surface area (Å²) in [5, 5.41) is 3.40. The second kappa shape index (κ2) is 9.11. The van der Waals surface area contributed by atoms with Crippen LogP contribution in [0, 0.1) is 3.57 Å². The number of nitrogens with zero attached hydrogens (tertiary/aromatic N) is 1. The third-order valence-electron chi connectivity index (χ3n) is 4.92. The fourth-order valence-electron chi connectivity index (χ4n) is 3.18. The Bertz CT molecular complexity index is 1280. The Morgan fingerprint density at radius 2 is 1.84 bits per heavy atom. The second-order valence-corrected chi connectivity index (χ2v) is 10.1. The minimum atomic E-state index is -0.256. The van der Waals surface area contributed by atoms with Crippen molar-refractivity contribution in [3.05, 3.63) is 74.8 Å². The lowest BCUT2D eigenvalue weighted by atomic mass is 9.87. The quantitative estimate of drug-likeness (QED) is 0.265. The minimum Gasteiger partial charge on any atom is -0.484 e. The Hall–Kier alpha value is -2.58. The standard InChI is InChI=1S/C25H22ClIN2O3/c1-25(2,3)15-4-8-18(9-5-15)31-14-23(30)28-17-7-11-22-21(13-17)29-24(32-22)19-12-16(27)6-10-20(19)26/h4-13H,14H2,1-3H3,(H,28,30). The van der Waals surface area contributed by atoms with Gasteiger partial charge in [0, 0.05) is 9.26 Å². The topological polar surface area (TPSA) is 64.4 Å². The van der Waals surface area contributed by atoms with E-state index in [1.165, 1.54) is 5.56 Å². The molecule has 0 bridgehead atoms. The van der Waals surface area contributed by atoms with E-state index in [4.69, 9.17) is 20.8 Å². The molecule has 3 aromatic carbocycles. The summed E-state index contributed by atoms with van der Waals surface area (Å²) in [5.74, 6) is 0.835. The number of fused-ring (bicyclic) bond motifs is 1. The van der Waals surface area contributed by atoms with Crippen molar-refractivity contribution in [2.24, 2.45) is 0 Å². The summed E-state index contributed by atoms with van der Waals surface area (Å²) in [7, 11) is 0. The smallest absolute Gasteiger partial charge is 0.262 e. The molecule has 0 aliphatic carbocycles. The Balaban J connectivity index is 1.42. The van der Waals surface area contributed by atoms with Crippen LogP contribution in [0.25, 0.3) is 22.6 Å². The van der Waals surface area contributed by atoms with Gasteiger partial charge in [0.05, 0.1) is 10.6 Å². The number of oxazole rings is 1. The summed E-state index contributed by atoms with van der Waals surface area (Å²) >= 11 is 8.52. The number of hydrogen-bond acceptors (Lipinski definition) is 4. The molecule has 1 amide bonds. The number of aromatic nitrogens is 1. The lowest BCUT2D eigenvalue weighted by Gasteiger charge is -2.19. The molecular formula is C25H22ClIN2O3. The van der Waals surface area contributed by atoms with Crippen molar-refractivity contribution in [1.82, 2.24) is 4.98 Å². The molecule has 164 valence electrons. The number of amides is 1. The van der Waals surface area contributed by atoms with Gasteiger partial charge < -0.3 is 14.5 Å².